The Morgan fingerprint density at radius 2 is 2.35 bits per heavy atom. The van der Waals surface area contributed by atoms with Gasteiger partial charge in [0.15, 0.2) is 0 Å². The zero-order valence-corrected chi connectivity index (χ0v) is 13.9. The maximum atomic E-state index is 6.05. The fourth-order valence-electron chi connectivity index (χ4n) is 3.95. The van der Waals surface area contributed by atoms with Crippen LogP contribution in [0.2, 0.25) is 0 Å². The highest BCUT2D eigenvalue weighted by molar-refractivity contribution is 5.25. The Morgan fingerprint density at radius 1 is 1.43 bits per heavy atom. The second-order valence-electron chi connectivity index (χ2n) is 7.37. The van der Waals surface area contributed by atoms with E-state index in [2.05, 4.69) is 16.0 Å². The number of methoxy groups -OCH3 is 1. The molecule has 0 unspecified atom stereocenters. The molecule has 5 nitrogen and oxygen atoms in total. The third-order valence-corrected chi connectivity index (χ3v) is 5.47. The first-order valence-electron chi connectivity index (χ1n) is 8.65. The second-order valence-corrected chi connectivity index (χ2v) is 7.37. The van der Waals surface area contributed by atoms with Gasteiger partial charge in [-0.2, -0.15) is 0 Å². The zero-order valence-electron chi connectivity index (χ0n) is 13.9. The minimum Gasteiger partial charge on any atom is -0.481 e. The van der Waals surface area contributed by atoms with Crippen LogP contribution in [0.15, 0.2) is 18.3 Å². The van der Waals surface area contributed by atoms with Gasteiger partial charge in [-0.05, 0) is 24.8 Å². The van der Waals surface area contributed by atoms with Crippen LogP contribution >= 0.6 is 0 Å². The molecule has 1 aromatic heterocycles. The summed E-state index contributed by atoms with van der Waals surface area (Å²) in [5.74, 6) is 2.15. The Labute approximate surface area is 137 Å². The van der Waals surface area contributed by atoms with Gasteiger partial charge >= 0.3 is 0 Å². The molecule has 2 saturated heterocycles. The molecule has 3 aliphatic rings. The molecule has 1 aromatic rings. The Bertz CT molecular complexity index is 549. The van der Waals surface area contributed by atoms with E-state index in [9.17, 15) is 0 Å². The number of nitrogens with zero attached hydrogens (tertiary/aromatic N) is 2. The van der Waals surface area contributed by atoms with Crippen molar-refractivity contribution in [3.8, 4) is 5.88 Å². The lowest BCUT2D eigenvalue weighted by molar-refractivity contribution is 0.0221. The van der Waals surface area contributed by atoms with Crippen LogP contribution in [0.1, 0.15) is 18.4 Å². The Balaban J connectivity index is 1.39. The molecule has 5 heteroatoms. The minimum atomic E-state index is 0.185. The maximum Gasteiger partial charge on any atom is 0.217 e. The van der Waals surface area contributed by atoms with E-state index in [-0.39, 0.29) is 5.41 Å². The number of aromatic nitrogens is 1. The standard InChI is InChI=1S/C18H26N2O3/c1-21-17-15(3-2-6-19-17)7-20-8-16-10-23-13-18(16,11-20)12-22-9-14-4-5-14/h2-3,6,14,16H,4-5,7-13H2,1H3/t16-,18-/m1/s1. The Morgan fingerprint density at radius 3 is 3.17 bits per heavy atom. The summed E-state index contributed by atoms with van der Waals surface area (Å²) in [6, 6.07) is 4.08. The lowest BCUT2D eigenvalue weighted by atomic mass is 9.82. The van der Waals surface area contributed by atoms with Crippen molar-refractivity contribution in [2.45, 2.75) is 19.4 Å². The number of pyridine rings is 1. The van der Waals surface area contributed by atoms with Crippen molar-refractivity contribution < 1.29 is 14.2 Å². The maximum absolute atomic E-state index is 6.05. The third kappa shape index (κ3) is 3.23. The molecule has 0 spiro atoms. The molecule has 2 atom stereocenters. The van der Waals surface area contributed by atoms with Crippen LogP contribution in [-0.4, -0.2) is 56.5 Å². The number of rotatable bonds is 7. The molecule has 4 rings (SSSR count). The number of likely N-dealkylation sites (tertiary alicyclic amines) is 1. The molecule has 1 saturated carbocycles. The predicted molar refractivity (Wildman–Crippen MR) is 86.4 cm³/mol. The molecule has 0 N–H and O–H groups in total. The van der Waals surface area contributed by atoms with E-state index >= 15 is 0 Å². The summed E-state index contributed by atoms with van der Waals surface area (Å²) in [6.45, 7) is 6.49. The summed E-state index contributed by atoms with van der Waals surface area (Å²) in [7, 11) is 1.69. The van der Waals surface area contributed by atoms with E-state index in [1.54, 1.807) is 13.3 Å². The molecule has 0 aromatic carbocycles. The molecule has 2 aliphatic heterocycles. The van der Waals surface area contributed by atoms with Crippen LogP contribution < -0.4 is 4.74 Å². The Hall–Kier alpha value is -1.17. The van der Waals surface area contributed by atoms with E-state index in [4.69, 9.17) is 14.2 Å². The van der Waals surface area contributed by atoms with Crippen LogP contribution in [-0.2, 0) is 16.0 Å². The summed E-state index contributed by atoms with van der Waals surface area (Å²) in [5.41, 5.74) is 1.34. The van der Waals surface area contributed by atoms with Gasteiger partial charge in [0.1, 0.15) is 0 Å². The van der Waals surface area contributed by atoms with Crippen molar-refractivity contribution in [3.05, 3.63) is 23.9 Å². The highest BCUT2D eigenvalue weighted by atomic mass is 16.5. The monoisotopic (exact) mass is 318 g/mol. The first kappa shape index (κ1) is 15.4. The van der Waals surface area contributed by atoms with Crippen molar-refractivity contribution in [3.63, 3.8) is 0 Å². The van der Waals surface area contributed by atoms with Gasteiger partial charge in [0, 0.05) is 49.3 Å². The van der Waals surface area contributed by atoms with Crippen LogP contribution in [0.3, 0.4) is 0 Å². The van der Waals surface area contributed by atoms with Crippen molar-refractivity contribution in [1.29, 1.82) is 0 Å². The van der Waals surface area contributed by atoms with Crippen LogP contribution in [0.25, 0.3) is 0 Å². The first-order valence-corrected chi connectivity index (χ1v) is 8.65. The van der Waals surface area contributed by atoms with Gasteiger partial charge < -0.3 is 14.2 Å². The van der Waals surface area contributed by atoms with Crippen molar-refractivity contribution >= 4 is 0 Å². The molecule has 126 valence electrons. The summed E-state index contributed by atoms with van der Waals surface area (Å²) in [4.78, 5) is 6.81. The third-order valence-electron chi connectivity index (χ3n) is 5.47. The summed E-state index contributed by atoms with van der Waals surface area (Å²) >= 11 is 0. The topological polar surface area (TPSA) is 43.8 Å². The molecule has 3 fully saturated rings. The lowest BCUT2D eigenvalue weighted by Gasteiger charge is -2.27. The molecule has 0 bridgehead atoms. The lowest BCUT2D eigenvalue weighted by Crippen LogP contribution is -2.36. The number of hydrogen-bond acceptors (Lipinski definition) is 5. The Kier molecular flexibility index (Phi) is 4.26. The largest absolute Gasteiger partial charge is 0.481 e. The molecule has 0 radical (unpaired) electrons. The van der Waals surface area contributed by atoms with E-state index in [1.807, 2.05) is 6.07 Å². The molecule has 0 amide bonds. The number of ether oxygens (including phenoxy) is 3. The zero-order chi connectivity index (χ0) is 15.7. The quantitative estimate of drug-likeness (QED) is 0.769. The molecule has 1 aliphatic carbocycles. The molecule has 3 heterocycles. The van der Waals surface area contributed by atoms with Gasteiger partial charge in [-0.25, -0.2) is 4.98 Å². The second kappa shape index (κ2) is 6.38. The highest BCUT2D eigenvalue weighted by Gasteiger charge is 2.50. The summed E-state index contributed by atoms with van der Waals surface area (Å²) in [5, 5.41) is 0. The average Bonchev–Trinajstić information content (AvgIpc) is 3.20. The molecule has 23 heavy (non-hydrogen) atoms. The van der Waals surface area contributed by atoms with Gasteiger partial charge in [0.2, 0.25) is 5.88 Å². The smallest absolute Gasteiger partial charge is 0.217 e. The number of hydrogen-bond donors (Lipinski definition) is 0. The van der Waals surface area contributed by atoms with Gasteiger partial charge in [-0.15, -0.1) is 0 Å². The van der Waals surface area contributed by atoms with Gasteiger partial charge in [-0.1, -0.05) is 6.07 Å². The highest BCUT2D eigenvalue weighted by Crippen LogP contribution is 2.42. The summed E-state index contributed by atoms with van der Waals surface area (Å²) < 4.78 is 17.2. The van der Waals surface area contributed by atoms with E-state index in [0.717, 1.165) is 63.4 Å². The fourth-order valence-corrected chi connectivity index (χ4v) is 3.95. The predicted octanol–water partition coefficient (Wildman–Crippen LogP) is 1.97. The van der Waals surface area contributed by atoms with E-state index in [0.29, 0.717) is 5.92 Å². The van der Waals surface area contributed by atoms with Crippen molar-refractivity contribution in [2.75, 3.05) is 46.6 Å². The fraction of sp³-hybridized carbons (Fsp3) is 0.722. The first-order chi connectivity index (χ1) is 11.3. The molecular weight excluding hydrogens is 292 g/mol. The number of fused-ring (bicyclic) bond motifs is 1. The van der Waals surface area contributed by atoms with E-state index < -0.39 is 0 Å². The van der Waals surface area contributed by atoms with Gasteiger partial charge in [0.05, 0.1) is 26.9 Å². The summed E-state index contributed by atoms with van der Waals surface area (Å²) in [6.07, 6.45) is 4.47. The van der Waals surface area contributed by atoms with Crippen LogP contribution in [0, 0.1) is 17.3 Å². The van der Waals surface area contributed by atoms with E-state index in [1.165, 1.54) is 12.8 Å². The van der Waals surface area contributed by atoms with Crippen LogP contribution in [0.5, 0.6) is 5.88 Å². The van der Waals surface area contributed by atoms with Gasteiger partial charge in [-0.3, -0.25) is 4.90 Å². The molecular formula is C18H26N2O3. The normalized spacial score (nSPS) is 30.6. The van der Waals surface area contributed by atoms with Crippen molar-refractivity contribution in [2.24, 2.45) is 17.3 Å². The van der Waals surface area contributed by atoms with Gasteiger partial charge in [0.25, 0.3) is 0 Å². The van der Waals surface area contributed by atoms with Crippen molar-refractivity contribution in [1.82, 2.24) is 9.88 Å². The average molecular weight is 318 g/mol. The minimum absolute atomic E-state index is 0.185. The SMILES string of the molecule is COc1ncccc1CN1C[C@@H]2COC[C@]2(COCC2CC2)C1. The van der Waals surface area contributed by atoms with Crippen LogP contribution in [0.4, 0.5) is 0 Å².